The molecule has 0 unspecified atom stereocenters. The Morgan fingerprint density at radius 1 is 1.30 bits per heavy atom. The third kappa shape index (κ3) is 3.64. The summed E-state index contributed by atoms with van der Waals surface area (Å²) in [4.78, 5) is 15.3. The van der Waals surface area contributed by atoms with Crippen LogP contribution in [-0.4, -0.2) is 22.0 Å². The van der Waals surface area contributed by atoms with Crippen molar-refractivity contribution in [3.8, 4) is 0 Å². The minimum Gasteiger partial charge on any atom is -0.354 e. The second kappa shape index (κ2) is 6.81. The van der Waals surface area contributed by atoms with E-state index in [1.54, 1.807) is 6.20 Å². The molecule has 0 fully saturated rings. The molecule has 0 saturated carbocycles. The van der Waals surface area contributed by atoms with Gasteiger partial charge in [0, 0.05) is 25.7 Å². The highest BCUT2D eigenvalue weighted by atomic mass is 15.3. The van der Waals surface area contributed by atoms with Gasteiger partial charge in [0.1, 0.15) is 17.5 Å². The lowest BCUT2D eigenvalue weighted by Gasteiger charge is -2.19. The zero-order valence-electron chi connectivity index (χ0n) is 11.9. The molecule has 0 amide bonds. The van der Waals surface area contributed by atoms with Gasteiger partial charge in [-0.25, -0.2) is 15.8 Å². The van der Waals surface area contributed by atoms with E-state index >= 15 is 0 Å². The maximum Gasteiger partial charge on any atom is 0.145 e. The summed E-state index contributed by atoms with van der Waals surface area (Å²) in [6.07, 6.45) is 3.62. The largest absolute Gasteiger partial charge is 0.354 e. The first-order valence-electron chi connectivity index (χ1n) is 6.68. The minimum atomic E-state index is 0.631. The Morgan fingerprint density at radius 3 is 2.80 bits per heavy atom. The zero-order valence-corrected chi connectivity index (χ0v) is 11.9. The van der Waals surface area contributed by atoms with Crippen LogP contribution >= 0.6 is 0 Å². The lowest BCUT2D eigenvalue weighted by atomic mass is 10.3. The number of rotatable bonds is 6. The number of nitrogens with one attached hydrogen (secondary N) is 1. The van der Waals surface area contributed by atoms with Crippen molar-refractivity contribution in [3.63, 3.8) is 0 Å². The van der Waals surface area contributed by atoms with Crippen molar-refractivity contribution in [1.29, 1.82) is 0 Å². The molecule has 20 heavy (non-hydrogen) atoms. The first-order valence-corrected chi connectivity index (χ1v) is 6.68. The Labute approximate surface area is 119 Å². The molecular weight excluding hydrogens is 252 g/mol. The molecule has 0 aliphatic heterocycles. The second-order valence-electron chi connectivity index (χ2n) is 4.60. The molecule has 0 radical (unpaired) electrons. The molecular formula is C14H20N6. The highest BCUT2D eigenvalue weighted by molar-refractivity contribution is 5.48. The van der Waals surface area contributed by atoms with Crippen LogP contribution in [0.4, 0.5) is 11.6 Å². The first-order chi connectivity index (χ1) is 9.72. The summed E-state index contributed by atoms with van der Waals surface area (Å²) < 4.78 is 0. The van der Waals surface area contributed by atoms with E-state index in [0.717, 1.165) is 30.2 Å². The predicted octanol–water partition coefficient (Wildman–Crippen LogP) is 1.75. The number of pyridine rings is 1. The lowest BCUT2D eigenvalue weighted by Crippen LogP contribution is -2.20. The summed E-state index contributed by atoms with van der Waals surface area (Å²) in [5.74, 6) is 7.73. The fourth-order valence-electron chi connectivity index (χ4n) is 1.90. The second-order valence-corrected chi connectivity index (χ2v) is 4.60. The van der Waals surface area contributed by atoms with Gasteiger partial charge in [-0.1, -0.05) is 13.0 Å². The SMILES string of the molecule is CCCc1nc(NN)cc(N(C)Cc2ccccn2)n1. The Kier molecular flexibility index (Phi) is 4.84. The smallest absolute Gasteiger partial charge is 0.145 e. The highest BCUT2D eigenvalue weighted by Crippen LogP contribution is 2.16. The number of aromatic nitrogens is 3. The number of anilines is 2. The van der Waals surface area contributed by atoms with E-state index in [1.165, 1.54) is 0 Å². The molecule has 0 atom stereocenters. The molecule has 6 heteroatoms. The van der Waals surface area contributed by atoms with Crippen LogP contribution in [-0.2, 0) is 13.0 Å². The molecule has 0 saturated heterocycles. The van der Waals surface area contributed by atoms with Crippen LogP contribution in [0.3, 0.4) is 0 Å². The van der Waals surface area contributed by atoms with Gasteiger partial charge in [0.2, 0.25) is 0 Å². The van der Waals surface area contributed by atoms with Crippen molar-refractivity contribution in [3.05, 3.63) is 42.0 Å². The molecule has 2 aromatic rings. The molecule has 2 rings (SSSR count). The van der Waals surface area contributed by atoms with Gasteiger partial charge in [-0.2, -0.15) is 0 Å². The fourth-order valence-corrected chi connectivity index (χ4v) is 1.90. The normalized spacial score (nSPS) is 10.3. The number of hydrogen-bond donors (Lipinski definition) is 2. The predicted molar refractivity (Wildman–Crippen MR) is 80.2 cm³/mol. The van der Waals surface area contributed by atoms with E-state index in [4.69, 9.17) is 5.84 Å². The Balaban J connectivity index is 2.19. The fraction of sp³-hybridized carbons (Fsp3) is 0.357. The Morgan fingerprint density at radius 2 is 2.15 bits per heavy atom. The number of aryl methyl sites for hydroxylation is 1. The average molecular weight is 272 g/mol. The van der Waals surface area contributed by atoms with Crippen molar-refractivity contribution in [1.82, 2.24) is 15.0 Å². The lowest BCUT2D eigenvalue weighted by molar-refractivity contribution is 0.806. The summed E-state index contributed by atoms with van der Waals surface area (Å²) in [5.41, 5.74) is 3.58. The molecule has 0 aliphatic carbocycles. The third-order valence-electron chi connectivity index (χ3n) is 2.90. The molecule has 0 aliphatic rings. The summed E-state index contributed by atoms with van der Waals surface area (Å²) in [5, 5.41) is 0. The molecule has 0 spiro atoms. The van der Waals surface area contributed by atoms with Gasteiger partial charge in [0.05, 0.1) is 12.2 Å². The summed E-state index contributed by atoms with van der Waals surface area (Å²) in [6, 6.07) is 7.71. The molecule has 0 bridgehead atoms. The molecule has 2 heterocycles. The van der Waals surface area contributed by atoms with Gasteiger partial charge >= 0.3 is 0 Å². The maximum absolute atomic E-state index is 5.47. The Hall–Kier alpha value is -2.21. The van der Waals surface area contributed by atoms with Gasteiger partial charge in [-0.05, 0) is 18.6 Å². The van der Waals surface area contributed by atoms with E-state index in [0.29, 0.717) is 12.4 Å². The molecule has 106 valence electrons. The molecule has 2 aromatic heterocycles. The molecule has 0 aromatic carbocycles. The van der Waals surface area contributed by atoms with Gasteiger partial charge in [-0.15, -0.1) is 0 Å². The van der Waals surface area contributed by atoms with Gasteiger partial charge in [0.25, 0.3) is 0 Å². The van der Waals surface area contributed by atoms with Crippen LogP contribution in [0, 0.1) is 0 Å². The number of hydrazine groups is 1. The van der Waals surface area contributed by atoms with Crippen LogP contribution in [0.5, 0.6) is 0 Å². The van der Waals surface area contributed by atoms with E-state index < -0.39 is 0 Å². The summed E-state index contributed by atoms with van der Waals surface area (Å²) in [6.45, 7) is 2.79. The highest BCUT2D eigenvalue weighted by Gasteiger charge is 2.08. The van der Waals surface area contributed by atoms with Gasteiger partial charge in [-0.3, -0.25) is 4.98 Å². The minimum absolute atomic E-state index is 0.631. The van der Waals surface area contributed by atoms with Crippen molar-refractivity contribution in [2.45, 2.75) is 26.3 Å². The molecule has 6 nitrogen and oxygen atoms in total. The van der Waals surface area contributed by atoms with Crippen molar-refractivity contribution >= 4 is 11.6 Å². The number of nitrogens with two attached hydrogens (primary N) is 1. The topological polar surface area (TPSA) is 80.0 Å². The molecule has 3 N–H and O–H groups in total. The standard InChI is InChI=1S/C14H20N6/c1-3-6-12-17-13(19-15)9-14(18-12)20(2)10-11-7-4-5-8-16-11/h4-5,7-9H,3,6,10,15H2,1-2H3,(H,17,18,19). The van der Waals surface area contributed by atoms with Crippen LogP contribution < -0.4 is 16.2 Å². The third-order valence-corrected chi connectivity index (χ3v) is 2.90. The Bertz CT molecular complexity index is 543. The monoisotopic (exact) mass is 272 g/mol. The van der Waals surface area contributed by atoms with Crippen LogP contribution in [0.25, 0.3) is 0 Å². The summed E-state index contributed by atoms with van der Waals surface area (Å²) >= 11 is 0. The van der Waals surface area contributed by atoms with E-state index in [2.05, 4.69) is 27.3 Å². The van der Waals surface area contributed by atoms with Crippen LogP contribution in [0.2, 0.25) is 0 Å². The van der Waals surface area contributed by atoms with E-state index in [1.807, 2.05) is 36.2 Å². The van der Waals surface area contributed by atoms with Crippen molar-refractivity contribution in [2.75, 3.05) is 17.4 Å². The zero-order chi connectivity index (χ0) is 14.4. The maximum atomic E-state index is 5.47. The average Bonchev–Trinajstić information content (AvgIpc) is 2.48. The number of hydrogen-bond acceptors (Lipinski definition) is 6. The number of nitrogen functional groups attached to an aromatic ring is 1. The quantitative estimate of drug-likeness (QED) is 0.616. The summed E-state index contributed by atoms with van der Waals surface area (Å²) in [7, 11) is 1.98. The van der Waals surface area contributed by atoms with Crippen LogP contribution in [0.15, 0.2) is 30.5 Å². The number of nitrogens with zero attached hydrogens (tertiary/aromatic N) is 4. The van der Waals surface area contributed by atoms with E-state index in [9.17, 15) is 0 Å². The van der Waals surface area contributed by atoms with Gasteiger partial charge < -0.3 is 10.3 Å². The van der Waals surface area contributed by atoms with Crippen molar-refractivity contribution < 1.29 is 0 Å². The van der Waals surface area contributed by atoms with Crippen molar-refractivity contribution in [2.24, 2.45) is 5.84 Å². The van der Waals surface area contributed by atoms with Gasteiger partial charge in [0.15, 0.2) is 0 Å². The van der Waals surface area contributed by atoms with Crippen LogP contribution in [0.1, 0.15) is 24.9 Å². The first kappa shape index (κ1) is 14.2. The van der Waals surface area contributed by atoms with E-state index in [-0.39, 0.29) is 0 Å².